The number of ether oxygens (including phenoxy) is 2. The monoisotopic (exact) mass is 202 g/mol. The molecule has 0 saturated heterocycles. The van der Waals surface area contributed by atoms with Crippen LogP contribution in [0.3, 0.4) is 0 Å². The summed E-state index contributed by atoms with van der Waals surface area (Å²) < 4.78 is 9.78. The summed E-state index contributed by atoms with van der Waals surface area (Å²) in [7, 11) is 1.58. The van der Waals surface area contributed by atoms with E-state index in [2.05, 4.69) is 13.8 Å². The zero-order chi connectivity index (χ0) is 10.8. The van der Waals surface area contributed by atoms with Gasteiger partial charge in [0.05, 0.1) is 19.6 Å². The first-order chi connectivity index (χ1) is 6.66. The lowest BCUT2D eigenvalue weighted by Crippen LogP contribution is -2.08. The molecular weight excluding hydrogens is 180 g/mol. The zero-order valence-corrected chi connectivity index (χ0v) is 9.54. The van der Waals surface area contributed by atoms with Crippen LogP contribution < -0.4 is 0 Å². The highest BCUT2D eigenvalue weighted by Gasteiger charge is 2.01. The van der Waals surface area contributed by atoms with Crippen LogP contribution in [-0.2, 0) is 14.3 Å². The number of hydrogen-bond donors (Lipinski definition) is 0. The SMILES string of the molecule is COCCC(=O)OCCCCC(C)C. The van der Waals surface area contributed by atoms with Crippen molar-refractivity contribution in [1.82, 2.24) is 0 Å². The zero-order valence-electron chi connectivity index (χ0n) is 9.54. The second-order valence-corrected chi connectivity index (χ2v) is 3.85. The third-order valence-electron chi connectivity index (χ3n) is 1.95. The van der Waals surface area contributed by atoms with Gasteiger partial charge in [-0.15, -0.1) is 0 Å². The Bertz CT molecular complexity index is 143. The first kappa shape index (κ1) is 13.4. The highest BCUT2D eigenvalue weighted by Crippen LogP contribution is 2.06. The average molecular weight is 202 g/mol. The molecule has 0 bridgehead atoms. The molecule has 0 aliphatic rings. The Balaban J connectivity index is 3.15. The molecule has 84 valence electrons. The van der Waals surface area contributed by atoms with Gasteiger partial charge in [-0.05, 0) is 18.8 Å². The summed E-state index contributed by atoms with van der Waals surface area (Å²) in [6, 6.07) is 0. The van der Waals surface area contributed by atoms with Gasteiger partial charge in [-0.25, -0.2) is 0 Å². The van der Waals surface area contributed by atoms with Crippen LogP contribution in [0.25, 0.3) is 0 Å². The number of carbonyl (C=O) groups excluding carboxylic acids is 1. The summed E-state index contributed by atoms with van der Waals surface area (Å²) in [5.41, 5.74) is 0. The highest BCUT2D eigenvalue weighted by molar-refractivity contribution is 5.69. The van der Waals surface area contributed by atoms with Crippen molar-refractivity contribution in [1.29, 1.82) is 0 Å². The molecule has 0 N–H and O–H groups in total. The molecule has 3 nitrogen and oxygen atoms in total. The smallest absolute Gasteiger partial charge is 0.308 e. The van der Waals surface area contributed by atoms with Crippen LogP contribution in [-0.4, -0.2) is 26.3 Å². The summed E-state index contributed by atoms with van der Waals surface area (Å²) in [5, 5.41) is 0. The van der Waals surface area contributed by atoms with Crippen molar-refractivity contribution >= 4 is 5.97 Å². The van der Waals surface area contributed by atoms with Crippen LogP contribution in [0.5, 0.6) is 0 Å². The summed E-state index contributed by atoms with van der Waals surface area (Å²) in [6.45, 7) is 5.40. The van der Waals surface area contributed by atoms with Gasteiger partial charge in [0.15, 0.2) is 0 Å². The van der Waals surface area contributed by atoms with Gasteiger partial charge in [0.25, 0.3) is 0 Å². The number of rotatable bonds is 8. The van der Waals surface area contributed by atoms with Crippen LogP contribution in [0, 0.1) is 5.92 Å². The standard InChI is InChI=1S/C11H22O3/c1-10(2)6-4-5-8-14-11(12)7-9-13-3/h10H,4-9H2,1-3H3. The van der Waals surface area contributed by atoms with Crippen molar-refractivity contribution in [2.75, 3.05) is 20.3 Å². The van der Waals surface area contributed by atoms with Gasteiger partial charge in [-0.3, -0.25) is 4.79 Å². The molecule has 0 unspecified atom stereocenters. The molecule has 0 aromatic heterocycles. The first-order valence-corrected chi connectivity index (χ1v) is 5.31. The minimum absolute atomic E-state index is 0.156. The Morgan fingerprint density at radius 3 is 2.50 bits per heavy atom. The summed E-state index contributed by atoms with van der Waals surface area (Å²) in [5.74, 6) is 0.579. The minimum atomic E-state index is -0.156. The Labute approximate surface area is 86.8 Å². The summed E-state index contributed by atoms with van der Waals surface area (Å²) in [6.07, 6.45) is 3.67. The number of carbonyl (C=O) groups is 1. The first-order valence-electron chi connectivity index (χ1n) is 5.31. The van der Waals surface area contributed by atoms with E-state index >= 15 is 0 Å². The molecular formula is C11H22O3. The van der Waals surface area contributed by atoms with E-state index in [0.717, 1.165) is 18.8 Å². The lowest BCUT2D eigenvalue weighted by molar-refractivity contribution is -0.144. The van der Waals surface area contributed by atoms with E-state index in [0.29, 0.717) is 19.6 Å². The lowest BCUT2D eigenvalue weighted by atomic mass is 10.1. The molecule has 0 aromatic rings. The predicted molar refractivity (Wildman–Crippen MR) is 56.1 cm³/mol. The van der Waals surface area contributed by atoms with Gasteiger partial charge in [-0.2, -0.15) is 0 Å². The quantitative estimate of drug-likeness (QED) is 0.448. The number of unbranched alkanes of at least 4 members (excludes halogenated alkanes) is 1. The van der Waals surface area contributed by atoms with Crippen molar-refractivity contribution < 1.29 is 14.3 Å². The molecule has 0 fully saturated rings. The lowest BCUT2D eigenvalue weighted by Gasteiger charge is -2.05. The van der Waals surface area contributed by atoms with E-state index in [1.165, 1.54) is 6.42 Å². The second kappa shape index (κ2) is 9.00. The molecule has 3 heteroatoms. The highest BCUT2D eigenvalue weighted by atomic mass is 16.5. The molecule has 0 aromatic carbocycles. The average Bonchev–Trinajstić information content (AvgIpc) is 2.13. The predicted octanol–water partition coefficient (Wildman–Crippen LogP) is 2.39. The van der Waals surface area contributed by atoms with Crippen molar-refractivity contribution in [3.63, 3.8) is 0 Å². The van der Waals surface area contributed by atoms with Gasteiger partial charge in [0.2, 0.25) is 0 Å². The molecule has 0 spiro atoms. The van der Waals surface area contributed by atoms with Crippen LogP contribution >= 0.6 is 0 Å². The van der Waals surface area contributed by atoms with E-state index in [1.54, 1.807) is 7.11 Å². The molecule has 0 aliphatic carbocycles. The van der Waals surface area contributed by atoms with Gasteiger partial charge >= 0.3 is 5.97 Å². The third-order valence-corrected chi connectivity index (χ3v) is 1.95. The van der Waals surface area contributed by atoms with Gasteiger partial charge < -0.3 is 9.47 Å². The molecule has 0 aliphatic heterocycles. The fraction of sp³-hybridized carbons (Fsp3) is 0.909. The van der Waals surface area contributed by atoms with Crippen LogP contribution in [0.2, 0.25) is 0 Å². The van der Waals surface area contributed by atoms with Crippen molar-refractivity contribution in [3.8, 4) is 0 Å². The van der Waals surface area contributed by atoms with Crippen molar-refractivity contribution in [3.05, 3.63) is 0 Å². The summed E-state index contributed by atoms with van der Waals surface area (Å²) >= 11 is 0. The largest absolute Gasteiger partial charge is 0.466 e. The number of esters is 1. The van der Waals surface area contributed by atoms with Gasteiger partial charge in [-0.1, -0.05) is 20.3 Å². The Kier molecular flexibility index (Phi) is 8.64. The Hall–Kier alpha value is -0.570. The van der Waals surface area contributed by atoms with Crippen molar-refractivity contribution in [2.45, 2.75) is 39.5 Å². The Morgan fingerprint density at radius 1 is 1.21 bits per heavy atom. The molecule has 0 radical (unpaired) electrons. The maximum atomic E-state index is 11.0. The molecule has 0 atom stereocenters. The van der Waals surface area contributed by atoms with Crippen LogP contribution in [0.15, 0.2) is 0 Å². The maximum absolute atomic E-state index is 11.0. The number of hydrogen-bond acceptors (Lipinski definition) is 3. The fourth-order valence-corrected chi connectivity index (χ4v) is 1.10. The van der Waals surface area contributed by atoms with Gasteiger partial charge in [0.1, 0.15) is 0 Å². The molecule has 0 rings (SSSR count). The maximum Gasteiger partial charge on any atom is 0.308 e. The normalized spacial score (nSPS) is 10.6. The molecule has 14 heavy (non-hydrogen) atoms. The molecule has 0 saturated carbocycles. The number of methoxy groups -OCH3 is 1. The molecule has 0 amide bonds. The topological polar surface area (TPSA) is 35.5 Å². The minimum Gasteiger partial charge on any atom is -0.466 e. The molecule has 0 heterocycles. The second-order valence-electron chi connectivity index (χ2n) is 3.85. The van der Waals surface area contributed by atoms with E-state index in [1.807, 2.05) is 0 Å². The fourth-order valence-electron chi connectivity index (χ4n) is 1.10. The van der Waals surface area contributed by atoms with Crippen LogP contribution in [0.1, 0.15) is 39.5 Å². The van der Waals surface area contributed by atoms with Gasteiger partial charge in [0, 0.05) is 7.11 Å². The van der Waals surface area contributed by atoms with Crippen LogP contribution in [0.4, 0.5) is 0 Å². The van der Waals surface area contributed by atoms with Crippen molar-refractivity contribution in [2.24, 2.45) is 5.92 Å². The summed E-state index contributed by atoms with van der Waals surface area (Å²) in [4.78, 5) is 11.0. The van der Waals surface area contributed by atoms with E-state index in [9.17, 15) is 4.79 Å². The Morgan fingerprint density at radius 2 is 1.93 bits per heavy atom. The van der Waals surface area contributed by atoms with E-state index in [4.69, 9.17) is 9.47 Å². The van der Waals surface area contributed by atoms with E-state index in [-0.39, 0.29) is 5.97 Å². The third kappa shape index (κ3) is 9.52. The van der Waals surface area contributed by atoms with E-state index < -0.39 is 0 Å².